The fourth-order valence-corrected chi connectivity index (χ4v) is 3.68. The zero-order valence-corrected chi connectivity index (χ0v) is 19.2. The quantitative estimate of drug-likeness (QED) is 0.286. The number of aromatic nitrogens is 1. The molecule has 1 N–H and O–H groups in total. The molecule has 3 aromatic rings. The number of anilines is 1. The van der Waals surface area contributed by atoms with Gasteiger partial charge in [0.05, 0.1) is 6.61 Å². The second-order valence-electron chi connectivity index (χ2n) is 7.61. The fraction of sp³-hybridized carbons (Fsp3) is 0.269. The summed E-state index contributed by atoms with van der Waals surface area (Å²) in [6.07, 6.45) is 3.77. The van der Waals surface area contributed by atoms with Crippen LogP contribution in [0.15, 0.2) is 53.3 Å². The molecule has 1 heterocycles. The molecule has 0 saturated carbocycles. The van der Waals surface area contributed by atoms with Gasteiger partial charge in [-0.2, -0.15) is 0 Å². The van der Waals surface area contributed by atoms with Crippen LogP contribution in [0, 0.1) is 23.3 Å². The van der Waals surface area contributed by atoms with E-state index in [0.29, 0.717) is 24.2 Å². The Morgan fingerprint density at radius 1 is 0.971 bits per heavy atom. The third kappa shape index (κ3) is 5.16. The predicted molar refractivity (Wildman–Crippen MR) is 126 cm³/mol. The van der Waals surface area contributed by atoms with Gasteiger partial charge in [-0.05, 0) is 36.6 Å². The summed E-state index contributed by atoms with van der Waals surface area (Å²) in [5.41, 5.74) is -0.532. The minimum atomic E-state index is -0.990. The SMILES string of the molecule is CC/C=C(\c1ccc(F)cc1F)c1ccc(=O)n(-c2c(F)cc(OCCCC)cc2F)c1NC. The summed E-state index contributed by atoms with van der Waals surface area (Å²) >= 11 is 0. The largest absolute Gasteiger partial charge is 0.493 e. The van der Waals surface area contributed by atoms with Crippen LogP contribution in [0.25, 0.3) is 11.3 Å². The van der Waals surface area contributed by atoms with Crippen LogP contribution in [0.2, 0.25) is 0 Å². The van der Waals surface area contributed by atoms with Crippen molar-refractivity contribution in [2.75, 3.05) is 19.0 Å². The Kier molecular flexibility index (Phi) is 8.15. The first-order valence-electron chi connectivity index (χ1n) is 11.0. The number of hydrogen-bond acceptors (Lipinski definition) is 3. The van der Waals surface area contributed by atoms with Gasteiger partial charge in [0.1, 0.15) is 28.9 Å². The van der Waals surface area contributed by atoms with Crippen LogP contribution in [-0.2, 0) is 0 Å². The first-order valence-corrected chi connectivity index (χ1v) is 11.0. The van der Waals surface area contributed by atoms with E-state index < -0.39 is 34.5 Å². The molecular formula is C26H26F4N2O2. The molecule has 1 aromatic heterocycles. The van der Waals surface area contributed by atoms with Gasteiger partial charge in [-0.3, -0.25) is 9.36 Å². The number of allylic oxidation sites excluding steroid dienone is 1. The molecule has 180 valence electrons. The normalized spacial score (nSPS) is 11.6. The molecule has 34 heavy (non-hydrogen) atoms. The Labute approximate surface area is 195 Å². The molecule has 8 heteroatoms. The molecule has 0 aliphatic heterocycles. The second kappa shape index (κ2) is 11.0. The number of halogens is 4. The fourth-order valence-electron chi connectivity index (χ4n) is 3.68. The van der Waals surface area contributed by atoms with Crippen molar-refractivity contribution >= 4 is 11.4 Å². The Bertz CT molecular complexity index is 1250. The van der Waals surface area contributed by atoms with Crippen LogP contribution in [0.3, 0.4) is 0 Å². The molecule has 4 nitrogen and oxygen atoms in total. The number of unbranched alkanes of at least 4 members (excludes halogenated alkanes) is 1. The number of benzene rings is 2. The van der Waals surface area contributed by atoms with E-state index in [2.05, 4.69) is 5.32 Å². The highest BCUT2D eigenvalue weighted by Crippen LogP contribution is 2.33. The third-order valence-electron chi connectivity index (χ3n) is 5.23. The number of nitrogens with one attached hydrogen (secondary N) is 1. The highest BCUT2D eigenvalue weighted by atomic mass is 19.1. The molecule has 0 aliphatic carbocycles. The van der Waals surface area contributed by atoms with Crippen LogP contribution >= 0.6 is 0 Å². The van der Waals surface area contributed by atoms with Crippen molar-refractivity contribution in [1.29, 1.82) is 0 Å². The van der Waals surface area contributed by atoms with Gasteiger partial charge in [-0.15, -0.1) is 0 Å². The molecule has 3 rings (SSSR count). The zero-order chi connectivity index (χ0) is 24.8. The summed E-state index contributed by atoms with van der Waals surface area (Å²) in [6.45, 7) is 4.10. The van der Waals surface area contributed by atoms with Crippen molar-refractivity contribution in [1.82, 2.24) is 4.57 Å². The Morgan fingerprint density at radius 2 is 1.65 bits per heavy atom. The number of hydrogen-bond donors (Lipinski definition) is 1. The van der Waals surface area contributed by atoms with Crippen molar-refractivity contribution in [3.05, 3.63) is 93.3 Å². The monoisotopic (exact) mass is 474 g/mol. The smallest absolute Gasteiger partial charge is 0.256 e. The highest BCUT2D eigenvalue weighted by Gasteiger charge is 2.22. The molecule has 0 amide bonds. The molecule has 0 aliphatic rings. The third-order valence-corrected chi connectivity index (χ3v) is 5.23. The van der Waals surface area contributed by atoms with Crippen molar-refractivity contribution in [2.45, 2.75) is 33.1 Å². The predicted octanol–water partition coefficient (Wildman–Crippen LogP) is 6.46. The van der Waals surface area contributed by atoms with Crippen molar-refractivity contribution in [3.8, 4) is 11.4 Å². The average Bonchev–Trinajstić information content (AvgIpc) is 2.79. The molecule has 0 fully saturated rings. The maximum atomic E-state index is 15.1. The molecule has 0 bridgehead atoms. The minimum absolute atomic E-state index is 0.0161. The Balaban J connectivity index is 2.22. The van der Waals surface area contributed by atoms with Gasteiger partial charge in [0, 0.05) is 42.4 Å². The van der Waals surface area contributed by atoms with Gasteiger partial charge >= 0.3 is 0 Å². The summed E-state index contributed by atoms with van der Waals surface area (Å²) in [4.78, 5) is 12.8. The highest BCUT2D eigenvalue weighted by molar-refractivity contribution is 5.85. The van der Waals surface area contributed by atoms with E-state index in [9.17, 15) is 13.6 Å². The minimum Gasteiger partial charge on any atom is -0.493 e. The molecule has 0 saturated heterocycles. The molecule has 0 radical (unpaired) electrons. The van der Waals surface area contributed by atoms with Gasteiger partial charge in [0.15, 0.2) is 11.6 Å². The van der Waals surface area contributed by atoms with Gasteiger partial charge in [0.25, 0.3) is 5.56 Å². The van der Waals surface area contributed by atoms with Crippen molar-refractivity contribution in [3.63, 3.8) is 0 Å². The van der Waals surface area contributed by atoms with E-state index in [1.165, 1.54) is 19.2 Å². The van der Waals surface area contributed by atoms with Gasteiger partial charge in [-0.25, -0.2) is 17.6 Å². The molecular weight excluding hydrogens is 448 g/mol. The molecule has 0 atom stereocenters. The lowest BCUT2D eigenvalue weighted by Gasteiger charge is -2.20. The van der Waals surface area contributed by atoms with E-state index in [-0.39, 0.29) is 17.1 Å². The molecule has 0 spiro atoms. The zero-order valence-electron chi connectivity index (χ0n) is 19.2. The lowest BCUT2D eigenvalue weighted by molar-refractivity contribution is 0.306. The summed E-state index contributed by atoms with van der Waals surface area (Å²) in [7, 11) is 1.48. The maximum absolute atomic E-state index is 15.1. The van der Waals surface area contributed by atoms with Crippen LogP contribution < -0.4 is 15.6 Å². The van der Waals surface area contributed by atoms with Gasteiger partial charge in [0.2, 0.25) is 0 Å². The van der Waals surface area contributed by atoms with E-state index in [0.717, 1.165) is 47.7 Å². The maximum Gasteiger partial charge on any atom is 0.256 e. The van der Waals surface area contributed by atoms with Gasteiger partial charge in [-0.1, -0.05) is 26.3 Å². The number of rotatable bonds is 9. The summed E-state index contributed by atoms with van der Waals surface area (Å²) in [5, 5.41) is 2.81. The standard InChI is InChI=1S/C26H26F4N2O2/c1-4-6-12-34-17-14-22(29)25(23(30)15-17)32-24(33)11-10-20(26(32)31-3)18(7-5-2)19-9-8-16(27)13-21(19)28/h7-11,13-15,31H,4-6,12H2,1-3H3/b18-7+. The van der Waals surface area contributed by atoms with E-state index in [4.69, 9.17) is 4.74 Å². The Hall–Kier alpha value is -3.55. The van der Waals surface area contributed by atoms with Crippen LogP contribution in [0.4, 0.5) is 23.4 Å². The van der Waals surface area contributed by atoms with Gasteiger partial charge < -0.3 is 10.1 Å². The van der Waals surface area contributed by atoms with E-state index in [1.807, 2.05) is 13.8 Å². The van der Waals surface area contributed by atoms with E-state index in [1.54, 1.807) is 6.08 Å². The second-order valence-corrected chi connectivity index (χ2v) is 7.61. The summed E-state index contributed by atoms with van der Waals surface area (Å²) < 4.78 is 64.6. The summed E-state index contributed by atoms with van der Waals surface area (Å²) in [5.74, 6) is -3.45. The van der Waals surface area contributed by atoms with Crippen LogP contribution in [-0.4, -0.2) is 18.2 Å². The summed E-state index contributed by atoms with van der Waals surface area (Å²) in [6, 6.07) is 7.78. The lowest BCUT2D eigenvalue weighted by Crippen LogP contribution is -2.24. The molecule has 0 unspecified atom stereocenters. The average molecular weight is 474 g/mol. The number of pyridine rings is 1. The van der Waals surface area contributed by atoms with Crippen molar-refractivity contribution in [2.24, 2.45) is 0 Å². The molecule has 2 aromatic carbocycles. The number of ether oxygens (including phenoxy) is 1. The number of nitrogens with zero attached hydrogens (tertiary/aromatic N) is 1. The topological polar surface area (TPSA) is 43.3 Å². The van der Waals surface area contributed by atoms with Crippen LogP contribution in [0.1, 0.15) is 44.2 Å². The first-order chi connectivity index (χ1) is 16.3. The first kappa shape index (κ1) is 25.1. The Morgan fingerprint density at radius 3 is 2.24 bits per heavy atom. The van der Waals surface area contributed by atoms with E-state index >= 15 is 8.78 Å². The van der Waals surface area contributed by atoms with Crippen LogP contribution in [0.5, 0.6) is 5.75 Å². The lowest BCUT2D eigenvalue weighted by atomic mass is 9.96. The van der Waals surface area contributed by atoms with Crippen molar-refractivity contribution < 1.29 is 22.3 Å².